The highest BCUT2D eigenvalue weighted by Gasteiger charge is 2.12. The number of nitrogens with zero attached hydrogens (tertiary/aromatic N) is 2. The van der Waals surface area contributed by atoms with Crippen LogP contribution in [0.15, 0.2) is 59.3 Å². The Balaban J connectivity index is 0.00000144. The van der Waals surface area contributed by atoms with E-state index in [1.165, 1.54) is 6.33 Å². The van der Waals surface area contributed by atoms with E-state index in [9.17, 15) is 5.11 Å². The van der Waals surface area contributed by atoms with E-state index < -0.39 is 0 Å². The lowest BCUT2D eigenvalue weighted by molar-refractivity contribution is -0.00000571. The molecule has 110 valence electrons. The van der Waals surface area contributed by atoms with Gasteiger partial charge in [-0.2, -0.15) is 0 Å². The van der Waals surface area contributed by atoms with Crippen LogP contribution in [0.3, 0.4) is 0 Å². The first kappa shape index (κ1) is 14.2. The van der Waals surface area contributed by atoms with E-state index in [0.717, 1.165) is 22.2 Å². The zero-order valence-corrected chi connectivity index (χ0v) is 12.1. The molecule has 0 radical (unpaired) electrons. The highest BCUT2D eigenvalue weighted by Crippen LogP contribution is 2.31. The minimum atomic E-state index is 0. The molecule has 4 aromatic rings. The Morgan fingerprint density at radius 2 is 1.86 bits per heavy atom. The van der Waals surface area contributed by atoms with Crippen LogP contribution >= 0.6 is 0 Å². The Morgan fingerprint density at radius 3 is 2.73 bits per heavy atom. The molecule has 0 unspecified atom stereocenters. The van der Waals surface area contributed by atoms with Gasteiger partial charge in [-0.3, -0.25) is 0 Å². The van der Waals surface area contributed by atoms with Gasteiger partial charge in [-0.1, -0.05) is 18.2 Å². The molecule has 0 spiro atoms. The number of rotatable bonds is 2. The van der Waals surface area contributed by atoms with Crippen LogP contribution in [-0.2, 0) is 0 Å². The maximum Gasteiger partial charge on any atom is 0.196 e. The minimum Gasteiger partial charge on any atom is -1.00 e. The third-order valence-corrected chi connectivity index (χ3v) is 3.27. The third-order valence-electron chi connectivity index (χ3n) is 3.27. The number of phenols is 1. The van der Waals surface area contributed by atoms with E-state index in [2.05, 4.69) is 15.3 Å². The summed E-state index contributed by atoms with van der Waals surface area (Å²) in [6.45, 7) is 0. The number of aromatic nitrogens is 2. The number of nitrogens with one attached hydrogen (secondary N) is 1. The molecule has 5 nitrogen and oxygen atoms in total. The Labute approximate surface area is 132 Å². The van der Waals surface area contributed by atoms with Crippen LogP contribution in [0.1, 0.15) is 0 Å². The van der Waals surface area contributed by atoms with Crippen LogP contribution < -0.4 is 17.7 Å². The average Bonchev–Trinajstić information content (AvgIpc) is 2.87. The molecule has 0 fully saturated rings. The standard InChI is InChI=1S/C16H11N3O2.ClH/c20-11-5-3-4-10(8-11)19-16-15-14(17-9-18-16)12-6-1-2-7-13(12)21-15;/h1-9,20H,(H,17,18,19);1H/p-1. The van der Waals surface area contributed by atoms with Crippen LogP contribution in [0.5, 0.6) is 5.75 Å². The van der Waals surface area contributed by atoms with Crippen molar-refractivity contribution in [1.82, 2.24) is 9.97 Å². The van der Waals surface area contributed by atoms with Crippen molar-refractivity contribution in [2.75, 3.05) is 5.32 Å². The van der Waals surface area contributed by atoms with Gasteiger partial charge in [0.2, 0.25) is 0 Å². The van der Waals surface area contributed by atoms with E-state index in [1.54, 1.807) is 18.2 Å². The topological polar surface area (TPSA) is 71.2 Å². The predicted octanol–water partition coefficient (Wildman–Crippen LogP) is 0.829. The SMILES string of the molecule is Oc1cccc(Nc2ncnc3c2oc2ccccc23)c1.[Cl-]. The Hall–Kier alpha value is -2.79. The number of phenolic OH excluding ortho intramolecular Hbond substituents is 1. The van der Waals surface area contributed by atoms with Crippen LogP contribution in [0, 0.1) is 0 Å². The number of para-hydroxylation sites is 1. The Morgan fingerprint density at radius 1 is 1.00 bits per heavy atom. The summed E-state index contributed by atoms with van der Waals surface area (Å²) in [6.07, 6.45) is 1.50. The molecule has 2 aromatic carbocycles. The summed E-state index contributed by atoms with van der Waals surface area (Å²) >= 11 is 0. The second-order valence-corrected chi connectivity index (χ2v) is 4.67. The molecular formula is C16H11ClN3O2-. The van der Waals surface area contributed by atoms with Gasteiger partial charge in [0.15, 0.2) is 11.4 Å². The summed E-state index contributed by atoms with van der Waals surface area (Å²) < 4.78 is 5.84. The molecule has 0 aliphatic carbocycles. The molecule has 0 saturated heterocycles. The molecule has 0 atom stereocenters. The fourth-order valence-corrected chi connectivity index (χ4v) is 2.33. The van der Waals surface area contributed by atoms with Crippen molar-refractivity contribution in [2.24, 2.45) is 0 Å². The highest BCUT2D eigenvalue weighted by atomic mass is 35.5. The first-order valence-corrected chi connectivity index (χ1v) is 6.49. The van der Waals surface area contributed by atoms with Crippen molar-refractivity contribution in [3.63, 3.8) is 0 Å². The first-order valence-electron chi connectivity index (χ1n) is 6.49. The lowest BCUT2D eigenvalue weighted by Crippen LogP contribution is -3.00. The maximum absolute atomic E-state index is 9.52. The van der Waals surface area contributed by atoms with Crippen molar-refractivity contribution in [1.29, 1.82) is 0 Å². The second kappa shape index (κ2) is 5.54. The van der Waals surface area contributed by atoms with E-state index >= 15 is 0 Å². The largest absolute Gasteiger partial charge is 1.00 e. The minimum absolute atomic E-state index is 0. The van der Waals surface area contributed by atoms with Crippen LogP contribution in [-0.4, -0.2) is 15.1 Å². The number of aromatic hydroxyl groups is 1. The Bertz CT molecular complexity index is 952. The molecule has 0 bridgehead atoms. The van der Waals surface area contributed by atoms with Crippen molar-refractivity contribution in [3.8, 4) is 5.75 Å². The first-order chi connectivity index (χ1) is 10.3. The number of fused-ring (bicyclic) bond motifs is 3. The van der Waals surface area contributed by atoms with Crippen LogP contribution in [0.4, 0.5) is 11.5 Å². The molecule has 0 amide bonds. The van der Waals surface area contributed by atoms with Crippen molar-refractivity contribution < 1.29 is 21.9 Å². The smallest absolute Gasteiger partial charge is 0.196 e. The summed E-state index contributed by atoms with van der Waals surface area (Å²) in [6, 6.07) is 14.6. The number of hydrogen-bond donors (Lipinski definition) is 2. The fourth-order valence-electron chi connectivity index (χ4n) is 2.33. The number of hydrogen-bond acceptors (Lipinski definition) is 5. The third kappa shape index (κ3) is 2.31. The summed E-state index contributed by atoms with van der Waals surface area (Å²) in [5.74, 6) is 0.761. The fraction of sp³-hybridized carbons (Fsp3) is 0. The van der Waals surface area contributed by atoms with Gasteiger partial charge >= 0.3 is 0 Å². The molecule has 0 aliphatic rings. The van der Waals surface area contributed by atoms with Crippen LogP contribution in [0.25, 0.3) is 22.1 Å². The molecule has 2 aromatic heterocycles. The summed E-state index contributed by atoms with van der Waals surface area (Å²) in [4.78, 5) is 8.52. The van der Waals surface area contributed by atoms with Gasteiger partial charge in [0.05, 0.1) is 0 Å². The van der Waals surface area contributed by atoms with Gasteiger partial charge in [0, 0.05) is 17.1 Å². The second-order valence-electron chi connectivity index (χ2n) is 4.67. The zero-order chi connectivity index (χ0) is 14.2. The number of benzene rings is 2. The lowest BCUT2D eigenvalue weighted by Gasteiger charge is -2.05. The maximum atomic E-state index is 9.52. The Kier molecular flexibility index (Phi) is 3.56. The van der Waals surface area contributed by atoms with Gasteiger partial charge < -0.3 is 27.2 Å². The normalized spacial score (nSPS) is 10.5. The van der Waals surface area contributed by atoms with Gasteiger partial charge in [-0.05, 0) is 24.3 Å². The van der Waals surface area contributed by atoms with Gasteiger partial charge in [0.1, 0.15) is 23.2 Å². The van der Waals surface area contributed by atoms with Gasteiger partial charge in [0.25, 0.3) is 0 Å². The molecule has 2 N–H and O–H groups in total. The zero-order valence-electron chi connectivity index (χ0n) is 11.3. The van der Waals surface area contributed by atoms with Gasteiger partial charge in [-0.25, -0.2) is 9.97 Å². The van der Waals surface area contributed by atoms with Crippen LogP contribution in [0.2, 0.25) is 0 Å². The predicted molar refractivity (Wildman–Crippen MR) is 80.7 cm³/mol. The summed E-state index contributed by atoms with van der Waals surface area (Å²) in [5, 5.41) is 13.6. The number of halogens is 1. The van der Waals surface area contributed by atoms with Gasteiger partial charge in [-0.15, -0.1) is 0 Å². The molecule has 0 aliphatic heterocycles. The molecule has 2 heterocycles. The molecule has 4 rings (SSSR count). The number of furan rings is 1. The molecule has 22 heavy (non-hydrogen) atoms. The molecular weight excluding hydrogens is 302 g/mol. The average molecular weight is 313 g/mol. The van der Waals surface area contributed by atoms with E-state index in [1.807, 2.05) is 30.3 Å². The van der Waals surface area contributed by atoms with E-state index in [4.69, 9.17) is 4.42 Å². The monoisotopic (exact) mass is 312 g/mol. The highest BCUT2D eigenvalue weighted by molar-refractivity contribution is 6.05. The number of anilines is 2. The summed E-state index contributed by atoms with van der Waals surface area (Å²) in [5.41, 5.74) is 2.87. The van der Waals surface area contributed by atoms with E-state index in [0.29, 0.717) is 11.4 Å². The molecule has 6 heteroatoms. The molecule has 0 saturated carbocycles. The lowest BCUT2D eigenvalue weighted by atomic mass is 10.2. The van der Waals surface area contributed by atoms with E-state index in [-0.39, 0.29) is 18.2 Å². The van der Waals surface area contributed by atoms with Crippen molar-refractivity contribution in [2.45, 2.75) is 0 Å². The summed E-state index contributed by atoms with van der Waals surface area (Å²) in [7, 11) is 0. The quantitative estimate of drug-likeness (QED) is 0.574. The van der Waals surface area contributed by atoms with Crippen molar-refractivity contribution in [3.05, 3.63) is 54.9 Å². The van der Waals surface area contributed by atoms with Crippen molar-refractivity contribution >= 4 is 33.6 Å².